The minimum absolute atomic E-state index is 0.475. The highest BCUT2D eigenvalue weighted by Gasteiger charge is 2.12. The summed E-state index contributed by atoms with van der Waals surface area (Å²) >= 11 is 5.75. The van der Waals surface area contributed by atoms with Gasteiger partial charge in [0.05, 0.1) is 6.21 Å². The Balaban J connectivity index is 1.87. The summed E-state index contributed by atoms with van der Waals surface area (Å²) in [4.78, 5) is 25.4. The van der Waals surface area contributed by atoms with Gasteiger partial charge < -0.3 is 10.2 Å². The number of carbonyl (C=O) groups is 2. The number of anilines is 2. The maximum absolute atomic E-state index is 11.7. The van der Waals surface area contributed by atoms with Crippen molar-refractivity contribution in [2.75, 3.05) is 24.3 Å². The van der Waals surface area contributed by atoms with Crippen molar-refractivity contribution in [3.8, 4) is 0 Å². The second kappa shape index (κ2) is 8.12. The highest BCUT2D eigenvalue weighted by Crippen LogP contribution is 2.13. The van der Waals surface area contributed by atoms with Gasteiger partial charge in [0.2, 0.25) is 0 Å². The van der Waals surface area contributed by atoms with Crippen molar-refractivity contribution >= 4 is 41.0 Å². The monoisotopic (exact) mass is 344 g/mol. The number of benzene rings is 2. The van der Waals surface area contributed by atoms with E-state index in [1.165, 1.54) is 6.21 Å². The van der Waals surface area contributed by atoms with E-state index < -0.39 is 11.8 Å². The molecule has 124 valence electrons. The normalized spacial score (nSPS) is 10.5. The van der Waals surface area contributed by atoms with Crippen LogP contribution >= 0.6 is 11.6 Å². The summed E-state index contributed by atoms with van der Waals surface area (Å²) in [6.07, 6.45) is 1.47. The lowest BCUT2D eigenvalue weighted by Crippen LogP contribution is -2.32. The maximum atomic E-state index is 11.7. The third-order valence-electron chi connectivity index (χ3n) is 3.10. The molecule has 0 heterocycles. The number of nitrogens with zero attached hydrogens (tertiary/aromatic N) is 2. The minimum Gasteiger partial charge on any atom is -0.378 e. The zero-order valence-electron chi connectivity index (χ0n) is 13.3. The average molecular weight is 345 g/mol. The van der Waals surface area contributed by atoms with E-state index in [1.54, 1.807) is 24.3 Å². The van der Waals surface area contributed by atoms with Crippen LogP contribution < -0.4 is 15.6 Å². The predicted octanol–water partition coefficient (Wildman–Crippen LogP) is 2.49. The van der Waals surface area contributed by atoms with Gasteiger partial charge >= 0.3 is 11.8 Å². The Morgan fingerprint density at radius 2 is 1.62 bits per heavy atom. The van der Waals surface area contributed by atoms with Crippen LogP contribution in [0, 0.1) is 0 Å². The third kappa shape index (κ3) is 5.10. The van der Waals surface area contributed by atoms with Gasteiger partial charge in [0.1, 0.15) is 0 Å². The van der Waals surface area contributed by atoms with Gasteiger partial charge in [-0.1, -0.05) is 23.7 Å². The van der Waals surface area contributed by atoms with Crippen LogP contribution in [0.15, 0.2) is 53.6 Å². The Morgan fingerprint density at radius 1 is 1.00 bits per heavy atom. The first-order valence-corrected chi connectivity index (χ1v) is 7.51. The van der Waals surface area contributed by atoms with E-state index in [9.17, 15) is 9.59 Å². The number of halogens is 1. The molecule has 2 aromatic rings. The first kappa shape index (κ1) is 17.5. The predicted molar refractivity (Wildman–Crippen MR) is 96.6 cm³/mol. The van der Waals surface area contributed by atoms with Gasteiger partial charge in [0.15, 0.2) is 0 Å². The Bertz CT molecular complexity index is 740. The van der Waals surface area contributed by atoms with E-state index >= 15 is 0 Å². The summed E-state index contributed by atoms with van der Waals surface area (Å²) in [5, 5.41) is 6.77. The molecule has 2 amide bonds. The smallest absolute Gasteiger partial charge is 0.329 e. The van der Waals surface area contributed by atoms with Gasteiger partial charge in [0, 0.05) is 30.5 Å². The lowest BCUT2D eigenvalue weighted by Gasteiger charge is -2.11. The molecule has 0 fully saturated rings. The molecule has 0 radical (unpaired) electrons. The van der Waals surface area contributed by atoms with E-state index in [-0.39, 0.29) is 0 Å². The molecule has 24 heavy (non-hydrogen) atoms. The molecule has 0 bridgehead atoms. The quantitative estimate of drug-likeness (QED) is 0.508. The van der Waals surface area contributed by atoms with Gasteiger partial charge in [-0.15, -0.1) is 0 Å². The second-order valence-corrected chi connectivity index (χ2v) is 5.58. The summed E-state index contributed by atoms with van der Waals surface area (Å²) in [5.41, 5.74) is 4.52. The molecule has 0 saturated heterocycles. The summed E-state index contributed by atoms with van der Waals surface area (Å²) in [5.74, 6) is -1.66. The van der Waals surface area contributed by atoms with E-state index in [4.69, 9.17) is 11.6 Å². The lowest BCUT2D eigenvalue weighted by atomic mass is 10.2. The minimum atomic E-state index is -0.855. The Labute approximate surface area is 145 Å². The molecule has 0 unspecified atom stereocenters. The number of rotatable bonds is 4. The molecule has 0 aliphatic carbocycles. The van der Waals surface area contributed by atoms with Crippen molar-refractivity contribution in [3.63, 3.8) is 0 Å². The van der Waals surface area contributed by atoms with Crippen LogP contribution in [0.25, 0.3) is 0 Å². The van der Waals surface area contributed by atoms with Crippen molar-refractivity contribution in [3.05, 3.63) is 59.1 Å². The number of carbonyl (C=O) groups excluding carboxylic acids is 2. The third-order valence-corrected chi connectivity index (χ3v) is 3.35. The number of amides is 2. The molecule has 6 nitrogen and oxygen atoms in total. The van der Waals surface area contributed by atoms with Crippen molar-refractivity contribution < 1.29 is 9.59 Å². The van der Waals surface area contributed by atoms with E-state index in [1.807, 2.05) is 43.3 Å². The van der Waals surface area contributed by atoms with Crippen LogP contribution in [0.5, 0.6) is 0 Å². The number of nitrogens with one attached hydrogen (secondary N) is 2. The van der Waals surface area contributed by atoms with Crippen LogP contribution in [0.2, 0.25) is 5.02 Å². The largest absolute Gasteiger partial charge is 0.378 e. The molecule has 2 N–H and O–H groups in total. The van der Waals surface area contributed by atoms with Gasteiger partial charge in [-0.05, 0) is 42.0 Å². The maximum Gasteiger partial charge on any atom is 0.329 e. The summed E-state index contributed by atoms with van der Waals surface area (Å²) in [7, 11) is 3.89. The van der Waals surface area contributed by atoms with Crippen molar-refractivity contribution in [2.24, 2.45) is 5.10 Å². The van der Waals surface area contributed by atoms with Crippen LogP contribution in [0.3, 0.4) is 0 Å². The number of hydrogen-bond acceptors (Lipinski definition) is 4. The summed E-state index contributed by atoms with van der Waals surface area (Å²) < 4.78 is 0. The molecular weight excluding hydrogens is 328 g/mol. The summed E-state index contributed by atoms with van der Waals surface area (Å²) in [6.45, 7) is 0. The molecule has 2 rings (SSSR count). The fourth-order valence-electron chi connectivity index (χ4n) is 1.80. The fraction of sp³-hybridized carbons (Fsp3) is 0.118. The molecule has 0 aliphatic heterocycles. The molecule has 0 aliphatic rings. The molecule has 0 aromatic heterocycles. The van der Waals surface area contributed by atoms with Crippen LogP contribution in [0.4, 0.5) is 11.4 Å². The average Bonchev–Trinajstić information content (AvgIpc) is 2.57. The van der Waals surface area contributed by atoms with Crippen LogP contribution in [-0.4, -0.2) is 32.1 Å². The molecular formula is C17H17ClN4O2. The first-order chi connectivity index (χ1) is 11.5. The van der Waals surface area contributed by atoms with Crippen LogP contribution in [-0.2, 0) is 9.59 Å². The highest BCUT2D eigenvalue weighted by atomic mass is 35.5. The molecule has 0 saturated carbocycles. The van der Waals surface area contributed by atoms with Gasteiger partial charge in [-0.3, -0.25) is 9.59 Å². The van der Waals surface area contributed by atoms with Crippen molar-refractivity contribution in [1.82, 2.24) is 5.43 Å². The SMILES string of the molecule is CN(C)c1ccc(/C=N\NC(=O)C(=O)Nc2ccc(Cl)cc2)cc1. The van der Waals surface area contributed by atoms with Crippen LogP contribution in [0.1, 0.15) is 5.56 Å². The van der Waals surface area contributed by atoms with Crippen molar-refractivity contribution in [2.45, 2.75) is 0 Å². The molecule has 0 spiro atoms. The van der Waals surface area contributed by atoms with E-state index in [0.717, 1.165) is 11.3 Å². The standard InChI is InChI=1S/C17H17ClN4O2/c1-22(2)15-9-3-12(4-10-15)11-19-21-17(24)16(23)20-14-7-5-13(18)6-8-14/h3-11H,1-2H3,(H,20,23)(H,21,24)/b19-11-. The molecule has 2 aromatic carbocycles. The Morgan fingerprint density at radius 3 is 2.21 bits per heavy atom. The second-order valence-electron chi connectivity index (χ2n) is 5.15. The topological polar surface area (TPSA) is 73.8 Å². The van der Waals surface area contributed by atoms with Gasteiger partial charge in [-0.2, -0.15) is 5.10 Å². The van der Waals surface area contributed by atoms with Gasteiger partial charge in [-0.25, -0.2) is 5.43 Å². The Hall–Kier alpha value is -2.86. The molecule has 7 heteroatoms. The van der Waals surface area contributed by atoms with E-state index in [0.29, 0.717) is 10.7 Å². The first-order valence-electron chi connectivity index (χ1n) is 7.13. The molecule has 0 atom stereocenters. The van der Waals surface area contributed by atoms with Gasteiger partial charge in [0.25, 0.3) is 0 Å². The number of hydrogen-bond donors (Lipinski definition) is 2. The lowest BCUT2D eigenvalue weighted by molar-refractivity contribution is -0.136. The zero-order valence-corrected chi connectivity index (χ0v) is 14.0. The Kier molecular flexibility index (Phi) is 5.92. The number of hydrazone groups is 1. The fourth-order valence-corrected chi connectivity index (χ4v) is 1.92. The van der Waals surface area contributed by atoms with Crippen molar-refractivity contribution in [1.29, 1.82) is 0 Å². The highest BCUT2D eigenvalue weighted by molar-refractivity contribution is 6.39. The van der Waals surface area contributed by atoms with E-state index in [2.05, 4.69) is 15.8 Å². The zero-order chi connectivity index (χ0) is 17.5. The summed E-state index contributed by atoms with van der Waals surface area (Å²) in [6, 6.07) is 14.0.